The number of amides is 2. The number of likely N-dealkylation sites (tertiary alicyclic amines) is 1. The van der Waals surface area contributed by atoms with Gasteiger partial charge in [0.15, 0.2) is 6.61 Å². The average molecular weight is 388 g/mol. The molecule has 1 aromatic heterocycles. The average Bonchev–Trinajstić information content (AvgIpc) is 3.20. The zero-order valence-electron chi connectivity index (χ0n) is 15.5. The Morgan fingerprint density at radius 1 is 1.33 bits per heavy atom. The maximum atomic E-state index is 12.5. The highest BCUT2D eigenvalue weighted by molar-refractivity contribution is 7.09. The highest BCUT2D eigenvalue weighted by Gasteiger charge is 2.27. The number of rotatable bonds is 7. The largest absolute Gasteiger partial charge is 0.484 e. The Kier molecular flexibility index (Phi) is 6.81. The van der Waals surface area contributed by atoms with Crippen molar-refractivity contribution < 1.29 is 14.3 Å². The van der Waals surface area contributed by atoms with E-state index in [-0.39, 0.29) is 24.3 Å². The van der Waals surface area contributed by atoms with Crippen molar-refractivity contribution in [3.63, 3.8) is 0 Å². The first-order valence-corrected chi connectivity index (χ1v) is 10.2. The molecule has 1 saturated heterocycles. The number of hydrogen-bond acceptors (Lipinski definition) is 5. The van der Waals surface area contributed by atoms with Crippen LogP contribution in [0.5, 0.6) is 5.75 Å². The molecule has 2 aromatic rings. The normalized spacial score (nSPS) is 16.8. The number of nitrogens with one attached hydrogen (secondary N) is 1. The lowest BCUT2D eigenvalue weighted by molar-refractivity contribution is -0.134. The topological polar surface area (TPSA) is 71.5 Å². The van der Waals surface area contributed by atoms with Gasteiger partial charge in [0.25, 0.3) is 5.91 Å². The van der Waals surface area contributed by atoms with Gasteiger partial charge in [-0.2, -0.15) is 0 Å². The first-order chi connectivity index (χ1) is 13.2. The quantitative estimate of drug-likeness (QED) is 0.793. The summed E-state index contributed by atoms with van der Waals surface area (Å²) in [5.41, 5.74) is 0.882. The van der Waals surface area contributed by atoms with E-state index in [1.165, 1.54) is 0 Å². The highest BCUT2D eigenvalue weighted by Crippen LogP contribution is 2.29. The minimum absolute atomic E-state index is 0.00976. The third-order valence-corrected chi connectivity index (χ3v) is 5.64. The van der Waals surface area contributed by atoms with E-state index in [0.29, 0.717) is 25.3 Å². The third-order valence-electron chi connectivity index (χ3n) is 4.59. The van der Waals surface area contributed by atoms with E-state index >= 15 is 0 Å². The molecule has 0 saturated carbocycles. The van der Waals surface area contributed by atoms with Crippen LogP contribution in [0.4, 0.5) is 0 Å². The summed E-state index contributed by atoms with van der Waals surface area (Å²) in [4.78, 5) is 30.4. The van der Waals surface area contributed by atoms with Crippen molar-refractivity contribution in [2.45, 2.75) is 38.6 Å². The van der Waals surface area contributed by atoms with Crippen LogP contribution in [0.1, 0.15) is 42.8 Å². The molecule has 0 spiro atoms. The number of aromatic nitrogens is 1. The second-order valence-corrected chi connectivity index (χ2v) is 7.48. The highest BCUT2D eigenvalue weighted by atomic mass is 32.1. The Morgan fingerprint density at radius 3 is 2.93 bits per heavy atom. The van der Waals surface area contributed by atoms with Gasteiger partial charge in [-0.05, 0) is 25.0 Å². The third kappa shape index (κ3) is 5.53. The summed E-state index contributed by atoms with van der Waals surface area (Å²) in [6.45, 7) is 3.78. The zero-order chi connectivity index (χ0) is 19.1. The van der Waals surface area contributed by atoms with Crippen LogP contribution in [0.2, 0.25) is 0 Å². The van der Waals surface area contributed by atoms with Gasteiger partial charge in [-0.1, -0.05) is 25.1 Å². The molecule has 27 heavy (non-hydrogen) atoms. The number of benzene rings is 1. The van der Waals surface area contributed by atoms with Crippen LogP contribution >= 0.6 is 11.3 Å². The predicted octanol–water partition coefficient (Wildman–Crippen LogP) is 2.95. The van der Waals surface area contributed by atoms with Crippen molar-refractivity contribution >= 4 is 23.2 Å². The fraction of sp³-hybridized carbons (Fsp3) is 0.450. The number of para-hydroxylation sites is 1. The SMILES string of the molecule is CCC(=O)NCc1csc(C2CCCN(C(=O)COc3ccccc3)C2)n1. The molecule has 0 bridgehead atoms. The molecule has 6 nitrogen and oxygen atoms in total. The van der Waals surface area contributed by atoms with Crippen LogP contribution < -0.4 is 10.1 Å². The number of ether oxygens (including phenoxy) is 1. The minimum Gasteiger partial charge on any atom is -0.484 e. The molecular weight excluding hydrogens is 362 g/mol. The second kappa shape index (κ2) is 9.50. The van der Waals surface area contributed by atoms with Crippen molar-refractivity contribution in [3.05, 3.63) is 46.4 Å². The molecule has 1 aliphatic rings. The van der Waals surface area contributed by atoms with Crippen molar-refractivity contribution in [2.75, 3.05) is 19.7 Å². The maximum Gasteiger partial charge on any atom is 0.260 e. The standard InChI is InChI=1S/C20H25N3O3S/c1-2-18(24)21-11-16-14-27-20(22-16)15-7-6-10-23(12-15)19(25)13-26-17-8-4-3-5-9-17/h3-5,8-9,14-15H,2,6-7,10-13H2,1H3,(H,21,24). The number of carbonyl (C=O) groups excluding carboxylic acids is 2. The molecule has 2 amide bonds. The molecule has 2 heterocycles. The van der Waals surface area contributed by atoms with E-state index in [1.807, 2.05) is 47.5 Å². The number of hydrogen-bond donors (Lipinski definition) is 1. The van der Waals surface area contributed by atoms with Crippen LogP contribution in [-0.4, -0.2) is 41.4 Å². The maximum absolute atomic E-state index is 12.5. The molecule has 3 rings (SSSR count). The molecule has 1 aromatic carbocycles. The van der Waals surface area contributed by atoms with Crippen molar-refractivity contribution in [3.8, 4) is 5.75 Å². The second-order valence-electron chi connectivity index (χ2n) is 6.59. The van der Waals surface area contributed by atoms with E-state index in [9.17, 15) is 9.59 Å². The summed E-state index contributed by atoms with van der Waals surface area (Å²) >= 11 is 1.61. The fourth-order valence-electron chi connectivity index (χ4n) is 3.06. The van der Waals surface area contributed by atoms with Crippen LogP contribution in [0.25, 0.3) is 0 Å². The van der Waals surface area contributed by atoms with Crippen LogP contribution in [-0.2, 0) is 16.1 Å². The molecule has 0 radical (unpaired) electrons. The fourth-order valence-corrected chi connectivity index (χ4v) is 4.01. The Morgan fingerprint density at radius 2 is 2.15 bits per heavy atom. The molecule has 144 valence electrons. The Bertz CT molecular complexity index is 763. The van der Waals surface area contributed by atoms with Crippen molar-refractivity contribution in [1.29, 1.82) is 0 Å². The van der Waals surface area contributed by atoms with Gasteiger partial charge in [-0.25, -0.2) is 4.98 Å². The molecule has 0 aliphatic carbocycles. The van der Waals surface area contributed by atoms with Gasteiger partial charge in [0.1, 0.15) is 5.75 Å². The molecular formula is C20H25N3O3S. The van der Waals surface area contributed by atoms with Crippen LogP contribution in [0.15, 0.2) is 35.7 Å². The number of nitrogens with zero attached hydrogens (tertiary/aromatic N) is 2. The van der Waals surface area contributed by atoms with E-state index in [4.69, 9.17) is 4.74 Å². The lowest BCUT2D eigenvalue weighted by Gasteiger charge is -2.31. The van der Waals surface area contributed by atoms with Gasteiger partial charge >= 0.3 is 0 Å². The van der Waals surface area contributed by atoms with Crippen molar-refractivity contribution in [2.24, 2.45) is 0 Å². The Hall–Kier alpha value is -2.41. The van der Waals surface area contributed by atoms with E-state index < -0.39 is 0 Å². The van der Waals surface area contributed by atoms with Gasteiger partial charge < -0.3 is 15.0 Å². The van der Waals surface area contributed by atoms with Crippen molar-refractivity contribution in [1.82, 2.24) is 15.2 Å². The Labute approximate surface area is 163 Å². The smallest absolute Gasteiger partial charge is 0.260 e. The van der Waals surface area contributed by atoms with Gasteiger partial charge in [-0.15, -0.1) is 11.3 Å². The summed E-state index contributed by atoms with van der Waals surface area (Å²) in [7, 11) is 0. The first kappa shape index (κ1) is 19.4. The van der Waals surface area contributed by atoms with Gasteiger partial charge in [0.2, 0.25) is 5.91 Å². The molecule has 1 N–H and O–H groups in total. The summed E-state index contributed by atoms with van der Waals surface area (Å²) in [6, 6.07) is 9.39. The molecule has 1 fully saturated rings. The molecule has 1 atom stereocenters. The van der Waals surface area contributed by atoms with E-state index in [2.05, 4.69) is 10.3 Å². The lowest BCUT2D eigenvalue weighted by atomic mass is 9.98. The van der Waals surface area contributed by atoms with E-state index in [0.717, 1.165) is 30.1 Å². The van der Waals surface area contributed by atoms with Gasteiger partial charge in [0.05, 0.1) is 17.2 Å². The first-order valence-electron chi connectivity index (χ1n) is 9.32. The Balaban J connectivity index is 1.52. The number of carbonyl (C=O) groups is 2. The zero-order valence-corrected chi connectivity index (χ0v) is 16.3. The summed E-state index contributed by atoms with van der Waals surface area (Å²) in [5, 5.41) is 5.88. The molecule has 1 unspecified atom stereocenters. The number of piperidine rings is 1. The lowest BCUT2D eigenvalue weighted by Crippen LogP contribution is -2.41. The van der Waals surface area contributed by atoms with Crippen LogP contribution in [0, 0.1) is 0 Å². The molecule has 7 heteroatoms. The van der Waals surface area contributed by atoms with Gasteiger partial charge in [-0.3, -0.25) is 9.59 Å². The summed E-state index contributed by atoms with van der Waals surface area (Å²) in [6.07, 6.45) is 2.46. The minimum atomic E-state index is 0.00976. The summed E-state index contributed by atoms with van der Waals surface area (Å²) < 4.78 is 5.59. The van der Waals surface area contributed by atoms with Crippen LogP contribution in [0.3, 0.4) is 0 Å². The van der Waals surface area contributed by atoms with Gasteiger partial charge in [0, 0.05) is 30.8 Å². The number of thiazole rings is 1. The summed E-state index contributed by atoms with van der Waals surface area (Å²) in [5.74, 6) is 0.992. The molecule has 1 aliphatic heterocycles. The predicted molar refractivity (Wildman–Crippen MR) is 105 cm³/mol. The van der Waals surface area contributed by atoms with E-state index in [1.54, 1.807) is 11.3 Å². The monoisotopic (exact) mass is 387 g/mol.